The monoisotopic (exact) mass is 340 g/mol. The fourth-order valence-electron chi connectivity index (χ4n) is 1.65. The minimum atomic E-state index is -0.931. The number of halogens is 1. The molecule has 0 fully saturated rings. The first-order valence-corrected chi connectivity index (χ1v) is 7.40. The summed E-state index contributed by atoms with van der Waals surface area (Å²) in [5, 5.41) is 15.3. The predicted molar refractivity (Wildman–Crippen MR) is 80.1 cm³/mol. The van der Waals surface area contributed by atoms with E-state index < -0.39 is 5.97 Å². The second-order valence-electron chi connectivity index (χ2n) is 4.09. The van der Waals surface area contributed by atoms with E-state index in [1.807, 2.05) is 18.4 Å². The first-order chi connectivity index (χ1) is 9.04. The molecule has 4 nitrogen and oxygen atoms in total. The molecule has 2 rings (SSSR count). The third kappa shape index (κ3) is 4.04. The molecule has 2 aromatic rings. The lowest BCUT2D eigenvalue weighted by molar-refractivity contribution is 0.0697. The van der Waals surface area contributed by atoms with E-state index in [4.69, 9.17) is 5.11 Å². The smallest absolute Gasteiger partial charge is 0.335 e. The van der Waals surface area contributed by atoms with Gasteiger partial charge in [0.25, 0.3) is 0 Å². The van der Waals surface area contributed by atoms with Crippen molar-refractivity contribution in [1.82, 2.24) is 4.98 Å². The maximum atomic E-state index is 10.9. The van der Waals surface area contributed by atoms with Crippen molar-refractivity contribution in [3.05, 3.63) is 44.3 Å². The number of aromatic nitrogens is 1. The lowest BCUT2D eigenvalue weighted by Gasteiger charge is -2.07. The summed E-state index contributed by atoms with van der Waals surface area (Å²) in [5.74, 6) is -0.931. The van der Waals surface area contributed by atoms with Crippen LogP contribution in [0.3, 0.4) is 0 Å². The van der Waals surface area contributed by atoms with Gasteiger partial charge in [-0.25, -0.2) is 9.78 Å². The molecule has 0 aliphatic rings. The van der Waals surface area contributed by atoms with E-state index >= 15 is 0 Å². The highest BCUT2D eigenvalue weighted by Crippen LogP contribution is 2.20. The molecule has 0 bridgehead atoms. The van der Waals surface area contributed by atoms with E-state index in [1.54, 1.807) is 23.5 Å². The molecule has 1 heterocycles. The lowest BCUT2D eigenvalue weighted by atomic mass is 10.2. The van der Waals surface area contributed by atoms with Crippen molar-refractivity contribution >= 4 is 38.9 Å². The normalized spacial score (nSPS) is 10.4. The summed E-state index contributed by atoms with van der Waals surface area (Å²) >= 11 is 4.95. The van der Waals surface area contributed by atoms with Crippen LogP contribution >= 0.6 is 27.3 Å². The summed E-state index contributed by atoms with van der Waals surface area (Å²) in [7, 11) is 0. The maximum absolute atomic E-state index is 10.9. The molecule has 19 heavy (non-hydrogen) atoms. The Balaban J connectivity index is 1.97. The van der Waals surface area contributed by atoms with Gasteiger partial charge in [0.1, 0.15) is 0 Å². The minimum Gasteiger partial charge on any atom is -0.478 e. The Labute approximate surface area is 123 Å². The number of nitrogens with zero attached hydrogens (tertiary/aromatic N) is 1. The van der Waals surface area contributed by atoms with Crippen molar-refractivity contribution in [2.24, 2.45) is 0 Å². The molecular weight excluding hydrogens is 328 g/mol. The molecule has 1 aromatic carbocycles. The van der Waals surface area contributed by atoms with Gasteiger partial charge in [0, 0.05) is 34.2 Å². The second-order valence-corrected chi connectivity index (χ2v) is 5.95. The number of carboxylic acids is 1. The number of benzene rings is 1. The number of anilines is 1. The molecule has 0 atom stereocenters. The first kappa shape index (κ1) is 14.0. The summed E-state index contributed by atoms with van der Waals surface area (Å²) in [6.07, 6.45) is 0.827. The third-order valence-corrected chi connectivity index (χ3v) is 3.96. The van der Waals surface area contributed by atoms with Crippen LogP contribution in [0.4, 0.5) is 5.69 Å². The molecule has 1 aromatic heterocycles. The highest BCUT2D eigenvalue weighted by Gasteiger charge is 2.06. The van der Waals surface area contributed by atoms with Crippen LogP contribution in [-0.4, -0.2) is 22.6 Å². The van der Waals surface area contributed by atoms with E-state index in [0.717, 1.165) is 33.8 Å². The number of aryl methyl sites for hydroxylation is 1. The number of hydrogen-bond donors (Lipinski definition) is 2. The van der Waals surface area contributed by atoms with Gasteiger partial charge >= 0.3 is 5.97 Å². The zero-order valence-corrected chi connectivity index (χ0v) is 12.7. The lowest BCUT2D eigenvalue weighted by Crippen LogP contribution is -2.06. The van der Waals surface area contributed by atoms with Gasteiger partial charge in [-0.05, 0) is 25.1 Å². The van der Waals surface area contributed by atoms with Gasteiger partial charge in [-0.15, -0.1) is 11.3 Å². The van der Waals surface area contributed by atoms with Crippen molar-refractivity contribution in [3.8, 4) is 0 Å². The van der Waals surface area contributed by atoms with Crippen LogP contribution < -0.4 is 5.32 Å². The molecule has 0 saturated carbocycles. The standard InChI is InChI=1S/C13H13BrN2O2S/c1-8-7-19-12(16-8)2-3-15-11-5-9(13(17)18)4-10(14)6-11/h4-7,15H,2-3H2,1H3,(H,17,18). The summed E-state index contributed by atoms with van der Waals surface area (Å²) < 4.78 is 0.750. The molecule has 0 amide bonds. The van der Waals surface area contributed by atoms with E-state index in [0.29, 0.717) is 0 Å². The van der Waals surface area contributed by atoms with Gasteiger partial charge in [0.15, 0.2) is 0 Å². The van der Waals surface area contributed by atoms with Crippen LogP contribution in [-0.2, 0) is 6.42 Å². The Morgan fingerprint density at radius 3 is 2.89 bits per heavy atom. The van der Waals surface area contributed by atoms with Gasteiger partial charge in [0.2, 0.25) is 0 Å². The SMILES string of the molecule is Cc1csc(CCNc2cc(Br)cc(C(=O)O)c2)n1. The van der Waals surface area contributed by atoms with Crippen LogP contribution in [0.5, 0.6) is 0 Å². The quantitative estimate of drug-likeness (QED) is 0.873. The highest BCUT2D eigenvalue weighted by atomic mass is 79.9. The summed E-state index contributed by atoms with van der Waals surface area (Å²) in [6, 6.07) is 5.07. The number of nitrogens with one attached hydrogen (secondary N) is 1. The van der Waals surface area contributed by atoms with Gasteiger partial charge in [0.05, 0.1) is 10.6 Å². The van der Waals surface area contributed by atoms with Crippen LogP contribution in [0, 0.1) is 6.92 Å². The van der Waals surface area contributed by atoms with Gasteiger partial charge in [-0.3, -0.25) is 0 Å². The summed E-state index contributed by atoms with van der Waals surface area (Å²) in [6.45, 7) is 2.70. The molecule has 0 unspecified atom stereocenters. The van der Waals surface area contributed by atoms with E-state index in [1.165, 1.54) is 0 Å². The number of carbonyl (C=O) groups is 1. The van der Waals surface area contributed by atoms with Crippen LogP contribution in [0.1, 0.15) is 21.1 Å². The molecule has 0 radical (unpaired) electrons. The average molecular weight is 341 g/mol. The van der Waals surface area contributed by atoms with Crippen LogP contribution in [0.25, 0.3) is 0 Å². The summed E-state index contributed by atoms with van der Waals surface area (Å²) in [5.41, 5.74) is 2.10. The van der Waals surface area contributed by atoms with Crippen LogP contribution in [0.2, 0.25) is 0 Å². The minimum absolute atomic E-state index is 0.266. The van der Waals surface area contributed by atoms with E-state index in [-0.39, 0.29) is 5.56 Å². The molecule has 0 aliphatic carbocycles. The Hall–Kier alpha value is -1.40. The van der Waals surface area contributed by atoms with Crippen molar-refractivity contribution < 1.29 is 9.90 Å². The Morgan fingerprint density at radius 1 is 1.47 bits per heavy atom. The number of carboxylic acid groups (broad SMARTS) is 1. The second kappa shape index (κ2) is 6.16. The molecule has 0 spiro atoms. The van der Waals surface area contributed by atoms with Gasteiger partial charge in [-0.1, -0.05) is 15.9 Å². The number of rotatable bonds is 5. The van der Waals surface area contributed by atoms with Gasteiger partial charge < -0.3 is 10.4 Å². The fraction of sp³-hybridized carbons (Fsp3) is 0.231. The Kier molecular flexibility index (Phi) is 4.55. The molecular formula is C13H13BrN2O2S. The topological polar surface area (TPSA) is 62.2 Å². The summed E-state index contributed by atoms with van der Waals surface area (Å²) in [4.78, 5) is 15.3. The number of thiazole rings is 1. The largest absolute Gasteiger partial charge is 0.478 e. The molecule has 100 valence electrons. The molecule has 0 saturated heterocycles. The first-order valence-electron chi connectivity index (χ1n) is 5.73. The fourth-order valence-corrected chi connectivity index (χ4v) is 2.92. The average Bonchev–Trinajstić information content (AvgIpc) is 2.74. The van der Waals surface area contributed by atoms with E-state index in [9.17, 15) is 4.79 Å². The van der Waals surface area contributed by atoms with Crippen molar-refractivity contribution in [2.45, 2.75) is 13.3 Å². The van der Waals surface area contributed by atoms with Gasteiger partial charge in [-0.2, -0.15) is 0 Å². The van der Waals surface area contributed by atoms with Crippen molar-refractivity contribution in [3.63, 3.8) is 0 Å². The zero-order chi connectivity index (χ0) is 13.8. The van der Waals surface area contributed by atoms with Crippen molar-refractivity contribution in [1.29, 1.82) is 0 Å². The number of aromatic carboxylic acids is 1. The van der Waals surface area contributed by atoms with Crippen LogP contribution in [0.15, 0.2) is 28.1 Å². The molecule has 6 heteroatoms. The zero-order valence-electron chi connectivity index (χ0n) is 10.3. The Bertz CT molecular complexity index is 598. The molecule has 2 N–H and O–H groups in total. The predicted octanol–water partition coefficient (Wildman–Crippen LogP) is 3.57. The Morgan fingerprint density at radius 2 is 2.26 bits per heavy atom. The maximum Gasteiger partial charge on any atom is 0.335 e. The number of hydrogen-bond acceptors (Lipinski definition) is 4. The third-order valence-electron chi connectivity index (χ3n) is 2.48. The van der Waals surface area contributed by atoms with Crippen molar-refractivity contribution in [2.75, 3.05) is 11.9 Å². The van der Waals surface area contributed by atoms with E-state index in [2.05, 4.69) is 26.2 Å². The molecule has 0 aliphatic heterocycles. The highest BCUT2D eigenvalue weighted by molar-refractivity contribution is 9.10.